The molecule has 10 rings (SSSR count). The quantitative estimate of drug-likeness (QED) is 0.152. The lowest BCUT2D eigenvalue weighted by Gasteiger charge is -2.20. The predicted molar refractivity (Wildman–Crippen MR) is 309 cm³/mol. The van der Waals surface area contributed by atoms with Gasteiger partial charge in [-0.05, 0) is 107 Å². The van der Waals surface area contributed by atoms with Gasteiger partial charge in [0.2, 0.25) is 0 Å². The van der Waals surface area contributed by atoms with Crippen LogP contribution < -0.4 is 0 Å². The van der Waals surface area contributed by atoms with Crippen LogP contribution in [0.4, 0.5) is 0 Å². The normalized spacial score (nSPS) is 11.7. The standard InChI is InChI=1S/4C13H15N.C9H7N.C5H12/c1-13(2,3)12-5-4-11-9-14-7-6-10(11)8-12;1-13(2,3)12-5-4-10-6-7-14-9-11(10)8-12;1-13(2,3)12-6-4-5-10-9-14-8-7-11(10)12;1-13(2,3)12-11-7-5-4-6-10(11)8-9-14-12;1-2-4-9-7-10-6-5-8(9)3-1;1-5(2,3)4/h4*4-9H,1-3H3;1-7H;1-4H3. The highest BCUT2D eigenvalue weighted by Crippen LogP contribution is 2.30. The molecule has 0 saturated heterocycles. The average molecular weight is 942 g/mol. The van der Waals surface area contributed by atoms with Gasteiger partial charge in [0, 0.05) is 82.7 Å². The van der Waals surface area contributed by atoms with E-state index in [1.165, 1.54) is 76.2 Å². The Morgan fingerprint density at radius 2 is 0.690 bits per heavy atom. The van der Waals surface area contributed by atoms with Crippen molar-refractivity contribution in [3.8, 4) is 0 Å². The molecule has 0 aliphatic carbocycles. The summed E-state index contributed by atoms with van der Waals surface area (Å²) in [7, 11) is 0. The third kappa shape index (κ3) is 17.2. The van der Waals surface area contributed by atoms with Crippen LogP contribution in [0.2, 0.25) is 0 Å². The topological polar surface area (TPSA) is 64.5 Å². The van der Waals surface area contributed by atoms with Crippen LogP contribution >= 0.6 is 0 Å². The number of hydrogen-bond acceptors (Lipinski definition) is 5. The van der Waals surface area contributed by atoms with Crippen LogP contribution in [0.15, 0.2) is 189 Å². The van der Waals surface area contributed by atoms with E-state index in [2.05, 4.69) is 245 Å². The van der Waals surface area contributed by atoms with E-state index in [0.29, 0.717) is 5.41 Å². The molecule has 0 saturated carbocycles. The smallest absolute Gasteiger partial charge is 0.0535 e. The average Bonchev–Trinajstić information content (AvgIpc) is 3.32. The van der Waals surface area contributed by atoms with Crippen LogP contribution in [0.1, 0.15) is 133 Å². The van der Waals surface area contributed by atoms with E-state index in [0.717, 1.165) is 0 Å². The molecule has 0 aliphatic heterocycles. The lowest BCUT2D eigenvalue weighted by molar-refractivity contribution is 0.469. The third-order valence-corrected chi connectivity index (χ3v) is 11.4. The van der Waals surface area contributed by atoms with E-state index in [1.807, 2.05) is 80.0 Å². The molecular weight excluding hydrogens is 863 g/mol. The Labute approximate surface area is 426 Å². The monoisotopic (exact) mass is 942 g/mol. The van der Waals surface area contributed by atoms with Gasteiger partial charge in [-0.25, -0.2) is 0 Å². The van der Waals surface area contributed by atoms with Gasteiger partial charge >= 0.3 is 0 Å². The first-order chi connectivity index (χ1) is 33.3. The number of fused-ring (bicyclic) bond motifs is 5. The van der Waals surface area contributed by atoms with Crippen LogP contribution in [0, 0.1) is 5.41 Å². The number of rotatable bonds is 0. The van der Waals surface area contributed by atoms with Gasteiger partial charge in [-0.3, -0.25) is 24.9 Å². The number of benzene rings is 5. The van der Waals surface area contributed by atoms with Crippen molar-refractivity contribution in [2.24, 2.45) is 5.41 Å². The summed E-state index contributed by atoms with van der Waals surface area (Å²) >= 11 is 0. The summed E-state index contributed by atoms with van der Waals surface area (Å²) in [6, 6.07) is 46.4. The minimum atomic E-state index is 0.112. The van der Waals surface area contributed by atoms with Crippen molar-refractivity contribution in [3.63, 3.8) is 0 Å². The second-order valence-electron chi connectivity index (χ2n) is 23.9. The first-order valence-electron chi connectivity index (χ1n) is 24.9. The maximum atomic E-state index is 4.48. The third-order valence-electron chi connectivity index (χ3n) is 11.4. The zero-order valence-electron chi connectivity index (χ0n) is 45.6. The molecule has 0 bridgehead atoms. The minimum Gasteiger partial charge on any atom is -0.264 e. The molecule has 0 unspecified atom stereocenters. The Morgan fingerprint density at radius 1 is 0.282 bits per heavy atom. The Bertz CT molecular complexity index is 2970. The molecule has 10 aromatic rings. The molecule has 5 heterocycles. The fourth-order valence-electron chi connectivity index (χ4n) is 7.62. The Kier molecular flexibility index (Phi) is 18.5. The zero-order valence-corrected chi connectivity index (χ0v) is 45.6. The van der Waals surface area contributed by atoms with Crippen LogP contribution in [-0.2, 0) is 21.7 Å². The summed E-state index contributed by atoms with van der Waals surface area (Å²) < 4.78 is 0. The Balaban J connectivity index is 0.000000162. The number of pyridine rings is 5. The van der Waals surface area contributed by atoms with Crippen LogP contribution in [0.3, 0.4) is 0 Å². The van der Waals surface area contributed by atoms with Gasteiger partial charge in [0.05, 0.1) is 5.69 Å². The molecule has 0 N–H and O–H groups in total. The van der Waals surface area contributed by atoms with E-state index in [4.69, 9.17) is 0 Å². The maximum absolute atomic E-state index is 4.48. The summed E-state index contributed by atoms with van der Waals surface area (Å²) in [5.74, 6) is 0. The fourth-order valence-corrected chi connectivity index (χ4v) is 7.62. The zero-order chi connectivity index (χ0) is 52.0. The van der Waals surface area contributed by atoms with Crippen molar-refractivity contribution in [1.82, 2.24) is 24.9 Å². The van der Waals surface area contributed by atoms with E-state index in [-0.39, 0.29) is 21.7 Å². The second-order valence-corrected chi connectivity index (χ2v) is 23.9. The van der Waals surface area contributed by atoms with Crippen molar-refractivity contribution in [2.75, 3.05) is 0 Å². The summed E-state index contributed by atoms with van der Waals surface area (Å²) in [6.45, 7) is 35.4. The van der Waals surface area contributed by atoms with Crippen molar-refractivity contribution in [1.29, 1.82) is 0 Å². The summed E-state index contributed by atoms with van der Waals surface area (Å²) in [6.07, 6.45) is 16.9. The van der Waals surface area contributed by atoms with Gasteiger partial charge in [0.1, 0.15) is 0 Å². The van der Waals surface area contributed by atoms with Gasteiger partial charge in [0.15, 0.2) is 0 Å². The number of nitrogens with zero attached hydrogens (tertiary/aromatic N) is 5. The SMILES string of the molecule is CC(C)(C)C.CC(C)(C)c1ccc2ccncc2c1.CC(C)(C)c1ccc2cnccc2c1.CC(C)(C)c1cccc2cnccc12.CC(C)(C)c1nccc2ccccc12.c1ccc2cnccc2c1. The van der Waals surface area contributed by atoms with Gasteiger partial charge in [0.25, 0.3) is 0 Å². The molecule has 5 aromatic heterocycles. The second kappa shape index (κ2) is 23.8. The lowest BCUT2D eigenvalue weighted by atomic mass is 9.84. The van der Waals surface area contributed by atoms with Gasteiger partial charge < -0.3 is 0 Å². The van der Waals surface area contributed by atoms with E-state index >= 15 is 0 Å². The molecule has 0 radical (unpaired) electrons. The molecule has 368 valence electrons. The van der Waals surface area contributed by atoms with Gasteiger partial charge in [-0.2, -0.15) is 0 Å². The molecule has 0 spiro atoms. The largest absolute Gasteiger partial charge is 0.264 e. The maximum Gasteiger partial charge on any atom is 0.0535 e. The van der Waals surface area contributed by atoms with E-state index < -0.39 is 0 Å². The Morgan fingerprint density at radius 3 is 1.23 bits per heavy atom. The first-order valence-corrected chi connectivity index (χ1v) is 24.9. The van der Waals surface area contributed by atoms with Crippen molar-refractivity contribution < 1.29 is 0 Å². The van der Waals surface area contributed by atoms with Crippen molar-refractivity contribution in [3.05, 3.63) is 212 Å². The van der Waals surface area contributed by atoms with Crippen LogP contribution in [0.25, 0.3) is 53.9 Å². The predicted octanol–water partition coefficient (Wildman–Crippen LogP) is 18.4. The van der Waals surface area contributed by atoms with Crippen molar-refractivity contribution in [2.45, 2.75) is 132 Å². The van der Waals surface area contributed by atoms with E-state index in [1.54, 1.807) is 0 Å². The van der Waals surface area contributed by atoms with E-state index in [9.17, 15) is 0 Å². The molecule has 71 heavy (non-hydrogen) atoms. The van der Waals surface area contributed by atoms with Crippen LogP contribution in [-0.4, -0.2) is 24.9 Å². The summed E-state index contributed by atoms with van der Waals surface area (Å²) in [5.41, 5.74) is 6.53. The fraction of sp³-hybridized carbons (Fsp3) is 0.318. The van der Waals surface area contributed by atoms with Gasteiger partial charge in [-0.15, -0.1) is 0 Å². The van der Waals surface area contributed by atoms with Crippen LogP contribution in [0.5, 0.6) is 0 Å². The first kappa shape index (κ1) is 55.1. The summed E-state index contributed by atoms with van der Waals surface area (Å²) in [5, 5.41) is 12.5. The molecule has 0 amide bonds. The molecular formula is C66H79N5. The highest BCUT2D eigenvalue weighted by atomic mass is 14.7. The highest BCUT2D eigenvalue weighted by molar-refractivity contribution is 5.87. The lowest BCUT2D eigenvalue weighted by Crippen LogP contribution is -2.13. The molecule has 5 nitrogen and oxygen atoms in total. The molecule has 0 fully saturated rings. The highest BCUT2D eigenvalue weighted by Gasteiger charge is 2.18. The summed E-state index contributed by atoms with van der Waals surface area (Å²) in [4.78, 5) is 20.9. The van der Waals surface area contributed by atoms with Gasteiger partial charge in [-0.1, -0.05) is 208 Å². The number of hydrogen-bond donors (Lipinski definition) is 0. The molecule has 0 atom stereocenters. The molecule has 5 aromatic carbocycles. The molecule has 0 aliphatic rings. The molecule has 5 heteroatoms. The van der Waals surface area contributed by atoms with Crippen molar-refractivity contribution >= 4 is 53.9 Å². The number of aromatic nitrogens is 5. The Hall–Kier alpha value is -6.85. The minimum absolute atomic E-state index is 0.112.